The summed E-state index contributed by atoms with van der Waals surface area (Å²) in [6.07, 6.45) is 1.38. The molecular weight excluding hydrogens is 408 g/mol. The molecule has 8 heteroatoms. The third kappa shape index (κ3) is 4.75. The molecule has 6 nitrogen and oxygen atoms in total. The molecule has 1 aliphatic rings. The van der Waals surface area contributed by atoms with Crippen molar-refractivity contribution in [2.45, 2.75) is 50.8 Å². The maximum atomic E-state index is 13.0. The Bertz CT molecular complexity index is 1100. The number of sulfonamides is 2. The summed E-state index contributed by atoms with van der Waals surface area (Å²) in [5.41, 5.74) is 2.49. The summed E-state index contributed by atoms with van der Waals surface area (Å²) in [5, 5.41) is 0. The average Bonchev–Trinajstić information content (AvgIpc) is 2.61. The van der Waals surface area contributed by atoms with E-state index in [4.69, 9.17) is 0 Å². The molecule has 0 spiro atoms. The summed E-state index contributed by atoms with van der Waals surface area (Å²) < 4.78 is 54.8. The lowest BCUT2D eigenvalue weighted by Gasteiger charge is -2.28. The van der Waals surface area contributed by atoms with Crippen LogP contribution in [0.15, 0.2) is 47.4 Å². The molecule has 29 heavy (non-hydrogen) atoms. The quantitative estimate of drug-likeness (QED) is 0.784. The van der Waals surface area contributed by atoms with Crippen LogP contribution in [0.1, 0.15) is 44.7 Å². The Morgan fingerprint density at radius 1 is 1.00 bits per heavy atom. The van der Waals surface area contributed by atoms with Gasteiger partial charge in [-0.05, 0) is 60.6 Å². The van der Waals surface area contributed by atoms with Crippen LogP contribution in [-0.2, 0) is 25.5 Å². The Balaban J connectivity index is 1.92. The molecule has 1 heterocycles. The first kappa shape index (κ1) is 21.6. The van der Waals surface area contributed by atoms with Gasteiger partial charge >= 0.3 is 0 Å². The Morgan fingerprint density at radius 3 is 2.24 bits per heavy atom. The predicted molar refractivity (Wildman–Crippen MR) is 117 cm³/mol. The summed E-state index contributed by atoms with van der Waals surface area (Å²) in [4.78, 5) is 0.0793. The van der Waals surface area contributed by atoms with Crippen LogP contribution in [0.5, 0.6) is 0 Å². The van der Waals surface area contributed by atoms with Crippen LogP contribution in [0.3, 0.4) is 0 Å². The zero-order chi connectivity index (χ0) is 21.4. The van der Waals surface area contributed by atoms with Gasteiger partial charge in [-0.2, -0.15) is 0 Å². The maximum Gasteiger partial charge on any atom is 0.262 e. The second-order valence-corrected chi connectivity index (χ2v) is 12.1. The van der Waals surface area contributed by atoms with Gasteiger partial charge in [0, 0.05) is 12.2 Å². The van der Waals surface area contributed by atoms with Crippen molar-refractivity contribution >= 4 is 31.4 Å². The van der Waals surface area contributed by atoms with Gasteiger partial charge in [0.2, 0.25) is 10.0 Å². The highest BCUT2D eigenvalue weighted by Crippen LogP contribution is 2.29. The first-order valence-electron chi connectivity index (χ1n) is 9.65. The molecule has 0 unspecified atom stereocenters. The minimum absolute atomic E-state index is 0.0255. The molecule has 1 N–H and O–H groups in total. The van der Waals surface area contributed by atoms with E-state index in [1.165, 1.54) is 10.4 Å². The fourth-order valence-electron chi connectivity index (χ4n) is 3.36. The molecule has 0 saturated carbocycles. The SMILES string of the molecule is Cc1ccc(N2CCCCS2(=O)=O)cc1S(=O)(=O)Nc1ccc(C(C)(C)C)cc1. The molecule has 0 atom stereocenters. The number of hydrogen-bond donors (Lipinski definition) is 1. The summed E-state index contributed by atoms with van der Waals surface area (Å²) in [6.45, 7) is 8.35. The molecule has 2 aromatic carbocycles. The van der Waals surface area contributed by atoms with Crippen LogP contribution in [0.25, 0.3) is 0 Å². The zero-order valence-corrected chi connectivity index (χ0v) is 18.9. The summed E-state index contributed by atoms with van der Waals surface area (Å²) >= 11 is 0. The van der Waals surface area contributed by atoms with Crippen molar-refractivity contribution in [2.24, 2.45) is 0 Å². The van der Waals surface area contributed by atoms with E-state index in [1.807, 2.05) is 12.1 Å². The molecule has 1 saturated heterocycles. The van der Waals surface area contributed by atoms with Crippen molar-refractivity contribution in [1.29, 1.82) is 0 Å². The van der Waals surface area contributed by atoms with Crippen molar-refractivity contribution in [3.05, 3.63) is 53.6 Å². The maximum absolute atomic E-state index is 13.0. The number of hydrogen-bond acceptors (Lipinski definition) is 4. The van der Waals surface area contributed by atoms with Crippen LogP contribution in [0.2, 0.25) is 0 Å². The lowest BCUT2D eigenvalue weighted by Crippen LogP contribution is -2.38. The second kappa shape index (κ2) is 7.65. The van der Waals surface area contributed by atoms with E-state index in [-0.39, 0.29) is 16.1 Å². The molecule has 0 amide bonds. The zero-order valence-electron chi connectivity index (χ0n) is 17.3. The van der Waals surface area contributed by atoms with Crippen LogP contribution < -0.4 is 9.03 Å². The highest BCUT2D eigenvalue weighted by molar-refractivity contribution is 7.93. The third-order valence-corrected chi connectivity index (χ3v) is 8.49. The number of aryl methyl sites for hydroxylation is 1. The summed E-state index contributed by atoms with van der Waals surface area (Å²) in [7, 11) is -7.27. The Kier molecular flexibility index (Phi) is 5.71. The van der Waals surface area contributed by atoms with Crippen molar-refractivity contribution < 1.29 is 16.8 Å². The van der Waals surface area contributed by atoms with E-state index in [0.29, 0.717) is 29.9 Å². The van der Waals surface area contributed by atoms with Crippen LogP contribution >= 0.6 is 0 Å². The normalized spacial score (nSPS) is 17.2. The number of nitrogens with one attached hydrogen (secondary N) is 1. The monoisotopic (exact) mass is 436 g/mol. The lowest BCUT2D eigenvalue weighted by atomic mass is 9.87. The highest BCUT2D eigenvalue weighted by atomic mass is 32.2. The van der Waals surface area contributed by atoms with E-state index < -0.39 is 20.0 Å². The van der Waals surface area contributed by atoms with Crippen LogP contribution in [0.4, 0.5) is 11.4 Å². The molecule has 158 valence electrons. The van der Waals surface area contributed by atoms with Gasteiger partial charge in [0.25, 0.3) is 10.0 Å². The molecule has 0 aliphatic carbocycles. The molecule has 1 aliphatic heterocycles. The minimum Gasteiger partial charge on any atom is -0.280 e. The first-order chi connectivity index (χ1) is 13.4. The van der Waals surface area contributed by atoms with Crippen molar-refractivity contribution in [2.75, 3.05) is 21.3 Å². The average molecular weight is 437 g/mol. The van der Waals surface area contributed by atoms with Gasteiger partial charge in [-0.25, -0.2) is 16.8 Å². The van der Waals surface area contributed by atoms with E-state index in [9.17, 15) is 16.8 Å². The molecule has 0 aromatic heterocycles. The summed E-state index contributed by atoms with van der Waals surface area (Å²) in [5.74, 6) is 0.0847. The Morgan fingerprint density at radius 2 is 1.66 bits per heavy atom. The van der Waals surface area contributed by atoms with E-state index in [2.05, 4.69) is 25.5 Å². The topological polar surface area (TPSA) is 83.6 Å². The van der Waals surface area contributed by atoms with Crippen molar-refractivity contribution in [3.63, 3.8) is 0 Å². The lowest BCUT2D eigenvalue weighted by molar-refractivity contribution is 0.574. The van der Waals surface area contributed by atoms with Gasteiger partial charge in [0.15, 0.2) is 0 Å². The fourth-order valence-corrected chi connectivity index (χ4v) is 6.32. The van der Waals surface area contributed by atoms with E-state index in [1.54, 1.807) is 31.2 Å². The molecule has 2 aromatic rings. The summed E-state index contributed by atoms with van der Waals surface area (Å²) in [6, 6.07) is 12.1. The van der Waals surface area contributed by atoms with E-state index >= 15 is 0 Å². The Labute approximate surface area is 174 Å². The van der Waals surface area contributed by atoms with Gasteiger partial charge in [-0.3, -0.25) is 9.03 Å². The molecule has 0 radical (unpaired) electrons. The molecule has 1 fully saturated rings. The minimum atomic E-state index is -3.86. The Hall–Kier alpha value is -2.06. The van der Waals surface area contributed by atoms with Crippen LogP contribution in [0, 0.1) is 6.92 Å². The highest BCUT2D eigenvalue weighted by Gasteiger charge is 2.28. The fraction of sp³-hybridized carbons (Fsp3) is 0.429. The predicted octanol–water partition coefficient (Wildman–Crippen LogP) is 4.02. The standard InChI is InChI=1S/C21H28N2O4S2/c1-16-7-12-19(23-13-5-6-14-28(23,24)25)15-20(16)29(26,27)22-18-10-8-17(9-11-18)21(2,3)4/h7-12,15,22H,5-6,13-14H2,1-4H3. The van der Waals surface area contributed by atoms with Gasteiger partial charge in [0.05, 0.1) is 16.3 Å². The van der Waals surface area contributed by atoms with Gasteiger partial charge in [-0.1, -0.05) is 39.0 Å². The molecule has 0 bridgehead atoms. The smallest absolute Gasteiger partial charge is 0.262 e. The number of anilines is 2. The van der Waals surface area contributed by atoms with Gasteiger partial charge in [0.1, 0.15) is 0 Å². The van der Waals surface area contributed by atoms with Gasteiger partial charge in [-0.15, -0.1) is 0 Å². The molecular formula is C21H28N2O4S2. The largest absolute Gasteiger partial charge is 0.280 e. The number of nitrogens with zero attached hydrogens (tertiary/aromatic N) is 1. The van der Waals surface area contributed by atoms with Gasteiger partial charge < -0.3 is 0 Å². The van der Waals surface area contributed by atoms with Crippen LogP contribution in [-0.4, -0.2) is 29.1 Å². The van der Waals surface area contributed by atoms with E-state index in [0.717, 1.165) is 12.0 Å². The number of rotatable bonds is 4. The number of benzene rings is 2. The van der Waals surface area contributed by atoms with Crippen molar-refractivity contribution in [3.8, 4) is 0 Å². The first-order valence-corrected chi connectivity index (χ1v) is 12.7. The van der Waals surface area contributed by atoms with Crippen molar-refractivity contribution in [1.82, 2.24) is 0 Å². The third-order valence-electron chi connectivity index (χ3n) is 5.10. The molecule has 3 rings (SSSR count). The second-order valence-electron chi connectivity index (χ2n) is 8.48.